The minimum absolute atomic E-state index is 0.214. The van der Waals surface area contributed by atoms with Crippen molar-refractivity contribution in [1.82, 2.24) is 4.98 Å². The molecule has 94 valence electrons. The minimum Gasteiger partial charge on any atom is -0.507 e. The molecule has 2 N–H and O–H groups in total. The van der Waals surface area contributed by atoms with Crippen LogP contribution in [0.25, 0.3) is 0 Å². The summed E-state index contributed by atoms with van der Waals surface area (Å²) >= 11 is 4.82. The molecule has 0 atom stereocenters. The number of nitrogens with one attached hydrogen (secondary N) is 1. The van der Waals surface area contributed by atoms with E-state index in [1.54, 1.807) is 35.8 Å². The lowest BCUT2D eigenvalue weighted by Crippen LogP contribution is -1.90. The highest BCUT2D eigenvalue weighted by molar-refractivity contribution is 9.10. The molecule has 1 aromatic carbocycles. The highest BCUT2D eigenvalue weighted by Crippen LogP contribution is 2.24. The summed E-state index contributed by atoms with van der Waals surface area (Å²) in [4.78, 5) is 5.50. The Morgan fingerprint density at radius 2 is 2.22 bits per heavy atom. The summed E-state index contributed by atoms with van der Waals surface area (Å²) < 4.78 is 0.646. The number of aromatic hydroxyl groups is 1. The van der Waals surface area contributed by atoms with Crippen molar-refractivity contribution >= 4 is 38.6 Å². The molecule has 0 spiro atoms. The molecule has 0 aliphatic rings. The van der Waals surface area contributed by atoms with Crippen LogP contribution >= 0.6 is 27.3 Å². The summed E-state index contributed by atoms with van der Waals surface area (Å²) in [5, 5.41) is 14.2. The van der Waals surface area contributed by atoms with Gasteiger partial charge in [-0.2, -0.15) is 5.10 Å². The normalized spacial score (nSPS) is 11.1. The van der Waals surface area contributed by atoms with Crippen LogP contribution in [0, 0.1) is 13.8 Å². The molecule has 2 aromatic rings. The van der Waals surface area contributed by atoms with Crippen LogP contribution in [-0.2, 0) is 0 Å². The molecule has 0 bridgehead atoms. The third-order valence-electron chi connectivity index (χ3n) is 2.37. The van der Waals surface area contributed by atoms with Crippen LogP contribution in [0.15, 0.2) is 27.8 Å². The zero-order valence-electron chi connectivity index (χ0n) is 9.94. The molecular weight excluding hydrogens is 314 g/mol. The van der Waals surface area contributed by atoms with Gasteiger partial charge >= 0.3 is 0 Å². The van der Waals surface area contributed by atoms with Crippen LogP contribution in [0.5, 0.6) is 5.75 Å². The van der Waals surface area contributed by atoms with E-state index in [-0.39, 0.29) is 5.75 Å². The summed E-state index contributed by atoms with van der Waals surface area (Å²) in [6.07, 6.45) is 1.68. The predicted molar refractivity (Wildman–Crippen MR) is 78.6 cm³/mol. The number of benzene rings is 1. The molecule has 0 fully saturated rings. The average molecular weight is 326 g/mol. The molecule has 1 heterocycles. The Kier molecular flexibility index (Phi) is 3.98. The Labute approximate surface area is 118 Å². The van der Waals surface area contributed by atoms with E-state index in [0.717, 1.165) is 16.4 Å². The fourth-order valence-corrected chi connectivity index (χ4v) is 2.45. The van der Waals surface area contributed by atoms with Crippen molar-refractivity contribution in [3.63, 3.8) is 0 Å². The Hall–Kier alpha value is -1.40. The van der Waals surface area contributed by atoms with E-state index in [2.05, 4.69) is 31.4 Å². The largest absolute Gasteiger partial charge is 0.507 e. The topological polar surface area (TPSA) is 57.5 Å². The number of aromatic nitrogens is 1. The monoisotopic (exact) mass is 325 g/mol. The molecule has 4 nitrogen and oxygen atoms in total. The zero-order valence-corrected chi connectivity index (χ0v) is 12.3. The van der Waals surface area contributed by atoms with E-state index >= 15 is 0 Å². The number of phenols is 1. The molecule has 1 aromatic heterocycles. The Morgan fingerprint density at radius 1 is 1.44 bits per heavy atom. The van der Waals surface area contributed by atoms with Gasteiger partial charge < -0.3 is 5.11 Å². The third-order valence-corrected chi connectivity index (χ3v) is 3.99. The van der Waals surface area contributed by atoms with Gasteiger partial charge in [0, 0.05) is 4.88 Å². The number of thiazole rings is 1. The lowest BCUT2D eigenvalue weighted by molar-refractivity contribution is 0.472. The molecule has 2 rings (SSSR count). The predicted octanol–water partition coefficient (Wildman–Crippen LogP) is 3.67. The number of rotatable bonds is 3. The summed E-state index contributed by atoms with van der Waals surface area (Å²) in [5.74, 6) is 0.214. The molecule has 18 heavy (non-hydrogen) atoms. The van der Waals surface area contributed by atoms with Crippen molar-refractivity contribution in [2.24, 2.45) is 5.10 Å². The van der Waals surface area contributed by atoms with Crippen molar-refractivity contribution in [3.05, 3.63) is 38.8 Å². The first-order valence-corrected chi connectivity index (χ1v) is 6.89. The molecule has 0 radical (unpaired) electrons. The van der Waals surface area contributed by atoms with Crippen molar-refractivity contribution in [1.29, 1.82) is 0 Å². The average Bonchev–Trinajstić information content (AvgIpc) is 2.63. The molecule has 6 heteroatoms. The smallest absolute Gasteiger partial charge is 0.203 e. The molecule has 0 unspecified atom stereocenters. The van der Waals surface area contributed by atoms with Crippen molar-refractivity contribution in [2.45, 2.75) is 13.8 Å². The number of hydrazone groups is 1. The van der Waals surface area contributed by atoms with Crippen molar-refractivity contribution < 1.29 is 5.11 Å². The number of hydrogen-bond donors (Lipinski definition) is 2. The van der Waals surface area contributed by atoms with E-state index in [4.69, 9.17) is 0 Å². The molecular formula is C12H12BrN3OS. The van der Waals surface area contributed by atoms with Gasteiger partial charge in [-0.25, -0.2) is 4.98 Å². The molecule has 0 saturated carbocycles. The van der Waals surface area contributed by atoms with Crippen LogP contribution in [0.2, 0.25) is 0 Å². The maximum absolute atomic E-state index is 9.37. The number of aryl methyl sites for hydroxylation is 2. The second-order valence-corrected chi connectivity index (χ2v) is 5.80. The minimum atomic E-state index is 0.214. The Morgan fingerprint density at radius 3 is 2.83 bits per heavy atom. The summed E-state index contributed by atoms with van der Waals surface area (Å²) in [6.45, 7) is 4.00. The van der Waals surface area contributed by atoms with E-state index in [0.29, 0.717) is 4.47 Å². The maximum Gasteiger partial charge on any atom is 0.203 e. The van der Waals surface area contributed by atoms with Gasteiger partial charge in [0.25, 0.3) is 0 Å². The van der Waals surface area contributed by atoms with E-state index in [9.17, 15) is 5.11 Å². The summed E-state index contributed by atoms with van der Waals surface area (Å²) in [7, 11) is 0. The number of hydrogen-bond acceptors (Lipinski definition) is 5. The van der Waals surface area contributed by atoms with E-state index in [1.165, 1.54) is 4.88 Å². The fraction of sp³-hybridized carbons (Fsp3) is 0.167. The SMILES string of the molecule is Cc1nc(N/N=C\c2ccc(O)c(Br)c2)sc1C. The van der Waals surface area contributed by atoms with Gasteiger partial charge in [-0.15, -0.1) is 11.3 Å². The van der Waals surface area contributed by atoms with Gasteiger partial charge in [0.15, 0.2) is 0 Å². The van der Waals surface area contributed by atoms with Gasteiger partial charge in [0.05, 0.1) is 16.4 Å². The molecule has 0 aliphatic heterocycles. The second-order valence-electron chi connectivity index (χ2n) is 3.74. The van der Waals surface area contributed by atoms with Crippen molar-refractivity contribution in [2.75, 3.05) is 5.43 Å². The lowest BCUT2D eigenvalue weighted by atomic mass is 10.2. The van der Waals surface area contributed by atoms with Crippen molar-refractivity contribution in [3.8, 4) is 5.75 Å². The van der Waals surface area contributed by atoms with Crippen LogP contribution in [-0.4, -0.2) is 16.3 Å². The van der Waals surface area contributed by atoms with E-state index in [1.807, 2.05) is 13.8 Å². The van der Waals surface area contributed by atoms with Gasteiger partial charge in [-0.3, -0.25) is 5.43 Å². The number of nitrogens with zero attached hydrogens (tertiary/aromatic N) is 2. The Balaban J connectivity index is 2.05. The molecule has 0 aliphatic carbocycles. The number of halogens is 1. The van der Waals surface area contributed by atoms with Crippen LogP contribution in [0.1, 0.15) is 16.1 Å². The highest BCUT2D eigenvalue weighted by Gasteiger charge is 2.01. The quantitative estimate of drug-likeness (QED) is 0.668. The third kappa shape index (κ3) is 3.08. The van der Waals surface area contributed by atoms with Gasteiger partial charge in [0.2, 0.25) is 5.13 Å². The highest BCUT2D eigenvalue weighted by atomic mass is 79.9. The van der Waals surface area contributed by atoms with Gasteiger partial charge in [0.1, 0.15) is 5.75 Å². The lowest BCUT2D eigenvalue weighted by Gasteiger charge is -1.98. The molecule has 0 saturated heterocycles. The van der Waals surface area contributed by atoms with E-state index < -0.39 is 0 Å². The van der Waals surface area contributed by atoms with Crippen LogP contribution in [0.4, 0.5) is 5.13 Å². The standard InChI is InChI=1S/C12H12BrN3OS/c1-7-8(2)18-12(15-7)16-14-6-9-3-4-11(17)10(13)5-9/h3-6,17H,1-2H3,(H,15,16)/b14-6-. The van der Waals surface area contributed by atoms with Gasteiger partial charge in [-0.1, -0.05) is 0 Å². The summed E-state index contributed by atoms with van der Waals surface area (Å²) in [6, 6.07) is 5.19. The Bertz CT molecular complexity index is 576. The zero-order chi connectivity index (χ0) is 13.1. The van der Waals surface area contributed by atoms with Gasteiger partial charge in [-0.05, 0) is 53.5 Å². The number of anilines is 1. The molecule has 0 amide bonds. The first kappa shape index (κ1) is 13.0. The van der Waals surface area contributed by atoms with Crippen LogP contribution in [0.3, 0.4) is 0 Å². The first-order valence-electron chi connectivity index (χ1n) is 5.28. The van der Waals surface area contributed by atoms with Crippen LogP contribution < -0.4 is 5.43 Å². The second kappa shape index (κ2) is 5.49. The first-order chi connectivity index (χ1) is 8.56. The fourth-order valence-electron chi connectivity index (χ4n) is 1.29. The summed E-state index contributed by atoms with van der Waals surface area (Å²) in [5.41, 5.74) is 4.79. The number of phenolic OH excluding ortho intramolecular Hbond substituents is 1. The maximum atomic E-state index is 9.37.